The number of anilines is 1. The van der Waals surface area contributed by atoms with E-state index in [4.69, 9.17) is 4.74 Å². The van der Waals surface area contributed by atoms with E-state index in [0.29, 0.717) is 16.9 Å². The van der Waals surface area contributed by atoms with Crippen LogP contribution >= 0.6 is 0 Å². The number of hydrogen-bond donors (Lipinski definition) is 0. The molecule has 1 atom stereocenters. The third-order valence-corrected chi connectivity index (χ3v) is 5.25. The van der Waals surface area contributed by atoms with Crippen LogP contribution in [0.4, 0.5) is 10.1 Å². The molecule has 0 saturated carbocycles. The third-order valence-electron chi connectivity index (χ3n) is 5.25. The van der Waals surface area contributed by atoms with Crippen molar-refractivity contribution in [2.75, 3.05) is 11.4 Å². The number of carbonyl (C=O) groups is 3. The molecule has 1 fully saturated rings. The minimum Gasteiger partial charge on any atom is -0.426 e. The van der Waals surface area contributed by atoms with Gasteiger partial charge < -0.3 is 9.64 Å². The number of amides is 1. The lowest BCUT2D eigenvalue weighted by atomic mass is 10.0. The number of halogens is 1. The molecule has 3 aromatic rings. The fourth-order valence-corrected chi connectivity index (χ4v) is 3.48. The normalized spacial score (nSPS) is 15.7. The summed E-state index contributed by atoms with van der Waals surface area (Å²) in [5.74, 6) is -1.54. The Morgan fingerprint density at radius 3 is 2.10 bits per heavy atom. The molecule has 0 N–H and O–H groups in total. The quantitative estimate of drug-likeness (QED) is 0.352. The highest BCUT2D eigenvalue weighted by molar-refractivity contribution is 6.09. The number of hydrogen-bond acceptors (Lipinski definition) is 4. The van der Waals surface area contributed by atoms with Gasteiger partial charge in [0.15, 0.2) is 5.78 Å². The minimum absolute atomic E-state index is 0.0911. The molecule has 0 bridgehead atoms. The lowest BCUT2D eigenvalue weighted by molar-refractivity contribution is -0.139. The molecule has 1 aliphatic rings. The van der Waals surface area contributed by atoms with Crippen LogP contribution in [0.2, 0.25) is 0 Å². The smallest absolute Gasteiger partial charge is 0.316 e. The Labute approximate surface area is 179 Å². The zero-order valence-electron chi connectivity index (χ0n) is 16.9. The van der Waals surface area contributed by atoms with Crippen molar-refractivity contribution in [1.82, 2.24) is 0 Å². The summed E-state index contributed by atoms with van der Waals surface area (Å²) in [6, 6.07) is 19.0. The molecule has 0 unspecified atom stereocenters. The summed E-state index contributed by atoms with van der Waals surface area (Å²) in [4.78, 5) is 39.0. The number of esters is 1. The molecule has 5 nitrogen and oxygen atoms in total. The Balaban J connectivity index is 1.39. The topological polar surface area (TPSA) is 63.7 Å². The van der Waals surface area contributed by atoms with E-state index in [-0.39, 0.29) is 24.7 Å². The second kappa shape index (κ2) is 8.52. The van der Waals surface area contributed by atoms with Gasteiger partial charge in [0.25, 0.3) is 0 Å². The van der Waals surface area contributed by atoms with E-state index in [1.165, 1.54) is 36.4 Å². The highest BCUT2D eigenvalue weighted by Gasteiger charge is 2.36. The minimum atomic E-state index is -0.561. The van der Waals surface area contributed by atoms with Gasteiger partial charge in [-0.15, -0.1) is 0 Å². The van der Waals surface area contributed by atoms with Crippen LogP contribution in [0, 0.1) is 18.7 Å². The second-order valence-corrected chi connectivity index (χ2v) is 7.52. The molecule has 4 rings (SSSR count). The van der Waals surface area contributed by atoms with Crippen LogP contribution in [-0.4, -0.2) is 24.2 Å². The first kappa shape index (κ1) is 20.5. The van der Waals surface area contributed by atoms with Crippen molar-refractivity contribution < 1.29 is 23.5 Å². The van der Waals surface area contributed by atoms with Gasteiger partial charge in [-0.1, -0.05) is 17.7 Å². The van der Waals surface area contributed by atoms with Crippen molar-refractivity contribution in [2.24, 2.45) is 5.92 Å². The van der Waals surface area contributed by atoms with E-state index < -0.39 is 17.7 Å². The molecule has 1 amide bonds. The molecular formula is C25H20FNO4. The first-order valence-corrected chi connectivity index (χ1v) is 9.90. The highest BCUT2D eigenvalue weighted by atomic mass is 19.1. The van der Waals surface area contributed by atoms with Gasteiger partial charge in [-0.3, -0.25) is 14.4 Å². The van der Waals surface area contributed by atoms with Gasteiger partial charge in [0.05, 0.1) is 5.92 Å². The average Bonchev–Trinajstić information content (AvgIpc) is 3.17. The predicted octanol–water partition coefficient (Wildman–Crippen LogP) is 4.32. The number of ketones is 1. The van der Waals surface area contributed by atoms with Crippen LogP contribution in [0.1, 0.15) is 27.9 Å². The molecule has 0 spiro atoms. The SMILES string of the molecule is Cc1ccc(N2C[C@H](C(=O)Oc3ccc(C(=O)c4ccc(F)cc4)cc3)CC2=O)cc1. The van der Waals surface area contributed by atoms with Crippen molar-refractivity contribution in [1.29, 1.82) is 0 Å². The summed E-state index contributed by atoms with van der Waals surface area (Å²) >= 11 is 0. The van der Waals surface area contributed by atoms with Crippen molar-refractivity contribution in [3.8, 4) is 5.75 Å². The van der Waals surface area contributed by atoms with Gasteiger partial charge in [-0.25, -0.2) is 4.39 Å². The Bertz CT molecular complexity index is 1120. The van der Waals surface area contributed by atoms with Gasteiger partial charge in [0.2, 0.25) is 5.91 Å². The maximum Gasteiger partial charge on any atom is 0.316 e. The summed E-state index contributed by atoms with van der Waals surface area (Å²) in [5.41, 5.74) is 2.61. The largest absolute Gasteiger partial charge is 0.426 e. The standard InChI is InChI=1S/C25H20FNO4/c1-16-2-10-21(11-3-16)27-15-19(14-23(27)28)25(30)31-22-12-6-18(7-13-22)24(29)17-4-8-20(26)9-5-17/h2-13,19H,14-15H2,1H3/t19-/m1/s1. The fourth-order valence-electron chi connectivity index (χ4n) is 3.48. The lowest BCUT2D eigenvalue weighted by Crippen LogP contribution is -2.27. The Hall–Kier alpha value is -3.80. The van der Waals surface area contributed by atoms with Crippen LogP contribution in [0.15, 0.2) is 72.8 Å². The zero-order valence-corrected chi connectivity index (χ0v) is 16.9. The number of benzene rings is 3. The molecule has 0 radical (unpaired) electrons. The summed E-state index contributed by atoms with van der Waals surface area (Å²) in [6.45, 7) is 2.23. The molecule has 0 aromatic heterocycles. The Morgan fingerprint density at radius 1 is 0.903 bits per heavy atom. The van der Waals surface area contributed by atoms with E-state index in [1.54, 1.807) is 17.0 Å². The molecule has 31 heavy (non-hydrogen) atoms. The first-order chi connectivity index (χ1) is 14.9. The molecule has 156 valence electrons. The fraction of sp³-hybridized carbons (Fsp3) is 0.160. The molecule has 1 aliphatic heterocycles. The van der Waals surface area contributed by atoms with Crippen LogP contribution in [-0.2, 0) is 9.59 Å². The Kier molecular flexibility index (Phi) is 5.62. The monoisotopic (exact) mass is 417 g/mol. The van der Waals surface area contributed by atoms with Crippen molar-refractivity contribution in [3.63, 3.8) is 0 Å². The van der Waals surface area contributed by atoms with Crippen LogP contribution in [0.3, 0.4) is 0 Å². The van der Waals surface area contributed by atoms with Crippen LogP contribution in [0.5, 0.6) is 5.75 Å². The molecule has 3 aromatic carbocycles. The van der Waals surface area contributed by atoms with Crippen LogP contribution < -0.4 is 9.64 Å². The summed E-state index contributed by atoms with van der Waals surface area (Å²) in [7, 11) is 0. The maximum absolute atomic E-state index is 13.0. The summed E-state index contributed by atoms with van der Waals surface area (Å²) in [6.07, 6.45) is 0.0911. The Morgan fingerprint density at radius 2 is 1.48 bits per heavy atom. The first-order valence-electron chi connectivity index (χ1n) is 9.90. The maximum atomic E-state index is 13.0. The van der Waals surface area contributed by atoms with Gasteiger partial charge in [0, 0.05) is 29.8 Å². The molecular weight excluding hydrogens is 397 g/mol. The van der Waals surface area contributed by atoms with Crippen molar-refractivity contribution in [2.45, 2.75) is 13.3 Å². The van der Waals surface area contributed by atoms with Gasteiger partial charge in [0.1, 0.15) is 11.6 Å². The summed E-state index contributed by atoms with van der Waals surface area (Å²) in [5, 5.41) is 0. The molecule has 1 saturated heterocycles. The van der Waals surface area contributed by atoms with Gasteiger partial charge in [-0.05, 0) is 67.6 Å². The van der Waals surface area contributed by atoms with Gasteiger partial charge in [-0.2, -0.15) is 0 Å². The zero-order chi connectivity index (χ0) is 22.0. The number of carbonyl (C=O) groups excluding carboxylic acids is 3. The second-order valence-electron chi connectivity index (χ2n) is 7.52. The lowest BCUT2D eigenvalue weighted by Gasteiger charge is -2.16. The molecule has 0 aliphatic carbocycles. The highest BCUT2D eigenvalue weighted by Crippen LogP contribution is 2.27. The van der Waals surface area contributed by atoms with E-state index in [2.05, 4.69) is 0 Å². The van der Waals surface area contributed by atoms with Crippen molar-refractivity contribution in [3.05, 3.63) is 95.3 Å². The van der Waals surface area contributed by atoms with E-state index in [9.17, 15) is 18.8 Å². The third kappa shape index (κ3) is 4.53. The van der Waals surface area contributed by atoms with Crippen LogP contribution in [0.25, 0.3) is 0 Å². The predicted molar refractivity (Wildman–Crippen MR) is 114 cm³/mol. The average molecular weight is 417 g/mol. The molecule has 1 heterocycles. The number of aryl methyl sites for hydroxylation is 1. The van der Waals surface area contributed by atoms with E-state index >= 15 is 0 Å². The van der Waals surface area contributed by atoms with E-state index in [1.807, 2.05) is 31.2 Å². The van der Waals surface area contributed by atoms with E-state index in [0.717, 1.165) is 11.3 Å². The summed E-state index contributed by atoms with van der Waals surface area (Å²) < 4.78 is 18.5. The van der Waals surface area contributed by atoms with Crippen molar-refractivity contribution >= 4 is 23.3 Å². The number of nitrogens with zero attached hydrogens (tertiary/aromatic N) is 1. The number of rotatable bonds is 5. The molecule has 6 heteroatoms. The van der Waals surface area contributed by atoms with Gasteiger partial charge >= 0.3 is 5.97 Å². The number of ether oxygens (including phenoxy) is 1.